The molecule has 5 nitrogen and oxygen atoms in total. The van der Waals surface area contributed by atoms with Crippen LogP contribution in [-0.2, 0) is 9.59 Å². The lowest BCUT2D eigenvalue weighted by molar-refractivity contribution is -0.139. The van der Waals surface area contributed by atoms with Crippen molar-refractivity contribution in [3.63, 3.8) is 0 Å². The first-order chi connectivity index (χ1) is 9.08. The van der Waals surface area contributed by atoms with Crippen molar-refractivity contribution < 1.29 is 9.59 Å². The molecule has 3 fully saturated rings. The molecule has 2 amide bonds. The molecule has 0 radical (unpaired) electrons. The van der Waals surface area contributed by atoms with Crippen LogP contribution in [0.15, 0.2) is 0 Å². The lowest BCUT2D eigenvalue weighted by Gasteiger charge is -2.25. The Bertz CT molecular complexity index is 390. The van der Waals surface area contributed by atoms with Crippen molar-refractivity contribution in [2.24, 2.45) is 0 Å². The van der Waals surface area contributed by atoms with E-state index in [0.29, 0.717) is 12.5 Å². The van der Waals surface area contributed by atoms with Gasteiger partial charge in [-0.2, -0.15) is 0 Å². The maximum Gasteiger partial charge on any atom is 0.247 e. The van der Waals surface area contributed by atoms with Crippen LogP contribution < -0.4 is 5.32 Å². The zero-order valence-electron chi connectivity index (χ0n) is 11.8. The molecule has 1 N–H and O–H groups in total. The van der Waals surface area contributed by atoms with Crippen molar-refractivity contribution in [2.75, 3.05) is 13.6 Å². The second kappa shape index (κ2) is 4.87. The average molecular weight is 265 g/mol. The quantitative estimate of drug-likeness (QED) is 0.704. The monoisotopic (exact) mass is 265 g/mol. The third-order valence-corrected chi connectivity index (χ3v) is 4.57. The molecule has 0 aromatic heterocycles. The Morgan fingerprint density at radius 3 is 2.58 bits per heavy atom. The molecule has 1 aliphatic heterocycles. The highest BCUT2D eigenvalue weighted by Crippen LogP contribution is 2.31. The molecule has 3 rings (SSSR count). The van der Waals surface area contributed by atoms with E-state index in [9.17, 15) is 9.59 Å². The summed E-state index contributed by atoms with van der Waals surface area (Å²) in [5.74, 6) is 0.00183. The first-order valence-electron chi connectivity index (χ1n) is 7.39. The van der Waals surface area contributed by atoms with Gasteiger partial charge in [-0.1, -0.05) is 0 Å². The normalized spacial score (nSPS) is 29.4. The van der Waals surface area contributed by atoms with Crippen LogP contribution in [0, 0.1) is 0 Å². The summed E-state index contributed by atoms with van der Waals surface area (Å²) in [4.78, 5) is 27.8. The van der Waals surface area contributed by atoms with Crippen LogP contribution in [0.1, 0.15) is 39.0 Å². The lowest BCUT2D eigenvalue weighted by Crippen LogP contribution is -2.45. The van der Waals surface area contributed by atoms with Crippen molar-refractivity contribution in [3.05, 3.63) is 0 Å². The topological polar surface area (TPSA) is 52.7 Å². The number of amides is 2. The minimum absolute atomic E-state index is 0.00576. The Labute approximate surface area is 114 Å². The number of carbonyl (C=O) groups is 2. The predicted octanol–water partition coefficient (Wildman–Crippen LogP) is 0.349. The minimum Gasteiger partial charge on any atom is -0.304 e. The molecule has 2 aliphatic carbocycles. The van der Waals surface area contributed by atoms with E-state index in [2.05, 4.69) is 24.2 Å². The number of nitrogens with zero attached hydrogens (tertiary/aromatic N) is 2. The standard InChI is InChI=1S/C14H23N3O2/c1-9(16(2)10-3-4-10)8-15-12-7-13(18)17(14(12)19)11-5-6-11/h9-12,15H,3-8H2,1-2H3. The van der Waals surface area contributed by atoms with Crippen molar-refractivity contribution in [1.82, 2.24) is 15.1 Å². The van der Waals surface area contributed by atoms with Crippen molar-refractivity contribution in [3.8, 4) is 0 Å². The molecule has 2 atom stereocenters. The molecule has 0 aromatic carbocycles. The molecule has 19 heavy (non-hydrogen) atoms. The van der Waals surface area contributed by atoms with Gasteiger partial charge in [0.05, 0.1) is 12.5 Å². The van der Waals surface area contributed by atoms with Gasteiger partial charge < -0.3 is 5.32 Å². The fourth-order valence-electron chi connectivity index (χ4n) is 2.83. The van der Waals surface area contributed by atoms with E-state index >= 15 is 0 Å². The first-order valence-corrected chi connectivity index (χ1v) is 7.39. The van der Waals surface area contributed by atoms with Crippen LogP contribution in [0.5, 0.6) is 0 Å². The Hall–Kier alpha value is -0.940. The molecule has 5 heteroatoms. The molecule has 1 heterocycles. The summed E-state index contributed by atoms with van der Waals surface area (Å²) in [6.07, 6.45) is 4.90. The summed E-state index contributed by atoms with van der Waals surface area (Å²) in [6, 6.07) is 1.05. The van der Waals surface area contributed by atoms with E-state index in [1.54, 1.807) is 0 Å². The summed E-state index contributed by atoms with van der Waals surface area (Å²) in [6.45, 7) is 2.94. The van der Waals surface area contributed by atoms with Crippen molar-refractivity contribution in [2.45, 2.75) is 63.2 Å². The summed E-state index contributed by atoms with van der Waals surface area (Å²) >= 11 is 0. The van der Waals surface area contributed by atoms with Crippen LogP contribution in [-0.4, -0.2) is 59.4 Å². The van der Waals surface area contributed by atoms with Gasteiger partial charge in [-0.05, 0) is 39.7 Å². The Morgan fingerprint density at radius 2 is 2.00 bits per heavy atom. The van der Waals surface area contributed by atoms with Gasteiger partial charge in [-0.3, -0.25) is 19.4 Å². The fourth-order valence-corrected chi connectivity index (χ4v) is 2.83. The van der Waals surface area contributed by atoms with Crippen LogP contribution in [0.2, 0.25) is 0 Å². The lowest BCUT2D eigenvalue weighted by atomic mass is 10.2. The maximum atomic E-state index is 12.2. The Kier molecular flexibility index (Phi) is 3.35. The Balaban J connectivity index is 1.50. The summed E-state index contributed by atoms with van der Waals surface area (Å²) in [5, 5.41) is 3.28. The number of carbonyl (C=O) groups excluding carboxylic acids is 2. The molecule has 2 unspecified atom stereocenters. The number of hydrogen-bond acceptors (Lipinski definition) is 4. The highest BCUT2D eigenvalue weighted by Gasteiger charge is 2.46. The zero-order valence-corrected chi connectivity index (χ0v) is 11.8. The van der Waals surface area contributed by atoms with E-state index < -0.39 is 0 Å². The first kappa shape index (κ1) is 13.1. The summed E-state index contributed by atoms with van der Waals surface area (Å²) in [5.41, 5.74) is 0. The van der Waals surface area contributed by atoms with Gasteiger partial charge in [-0.15, -0.1) is 0 Å². The van der Waals surface area contributed by atoms with Gasteiger partial charge >= 0.3 is 0 Å². The van der Waals surface area contributed by atoms with Gasteiger partial charge in [-0.25, -0.2) is 0 Å². The largest absolute Gasteiger partial charge is 0.304 e. The Morgan fingerprint density at radius 1 is 1.32 bits per heavy atom. The second-order valence-electron chi connectivity index (χ2n) is 6.24. The maximum absolute atomic E-state index is 12.2. The van der Waals surface area contributed by atoms with E-state index in [1.165, 1.54) is 17.7 Å². The molecular formula is C14H23N3O2. The molecule has 0 spiro atoms. The molecular weight excluding hydrogens is 242 g/mol. The zero-order chi connectivity index (χ0) is 13.6. The predicted molar refractivity (Wildman–Crippen MR) is 71.5 cm³/mol. The van der Waals surface area contributed by atoms with Crippen LogP contribution in [0.25, 0.3) is 0 Å². The van der Waals surface area contributed by atoms with Gasteiger partial charge in [0.15, 0.2) is 0 Å². The highest BCUT2D eigenvalue weighted by molar-refractivity contribution is 6.06. The van der Waals surface area contributed by atoms with Gasteiger partial charge in [0.1, 0.15) is 0 Å². The highest BCUT2D eigenvalue weighted by atomic mass is 16.2. The molecule has 3 aliphatic rings. The van der Waals surface area contributed by atoms with Gasteiger partial charge in [0, 0.05) is 24.7 Å². The van der Waals surface area contributed by atoms with Crippen molar-refractivity contribution >= 4 is 11.8 Å². The smallest absolute Gasteiger partial charge is 0.247 e. The number of hydrogen-bond donors (Lipinski definition) is 1. The number of rotatable bonds is 6. The van der Waals surface area contributed by atoms with Gasteiger partial charge in [0.2, 0.25) is 11.8 Å². The number of likely N-dealkylation sites (N-methyl/N-ethyl adjacent to an activating group) is 1. The van der Waals surface area contributed by atoms with E-state index in [-0.39, 0.29) is 23.9 Å². The number of imide groups is 1. The van der Waals surface area contributed by atoms with E-state index in [4.69, 9.17) is 0 Å². The molecule has 0 aromatic rings. The summed E-state index contributed by atoms with van der Waals surface area (Å²) < 4.78 is 0. The van der Waals surface area contributed by atoms with Crippen LogP contribution >= 0.6 is 0 Å². The molecule has 0 bridgehead atoms. The number of likely N-dealkylation sites (tertiary alicyclic amines) is 1. The third kappa shape index (κ3) is 2.67. The summed E-state index contributed by atoms with van der Waals surface area (Å²) in [7, 11) is 2.14. The van der Waals surface area contributed by atoms with Crippen LogP contribution in [0.4, 0.5) is 0 Å². The number of nitrogens with one attached hydrogen (secondary N) is 1. The fraction of sp³-hybridized carbons (Fsp3) is 0.857. The van der Waals surface area contributed by atoms with E-state index in [1.807, 2.05) is 0 Å². The average Bonchev–Trinajstić information content (AvgIpc) is 3.25. The van der Waals surface area contributed by atoms with Crippen LogP contribution in [0.3, 0.4) is 0 Å². The van der Waals surface area contributed by atoms with E-state index in [0.717, 1.165) is 25.4 Å². The second-order valence-corrected chi connectivity index (χ2v) is 6.24. The minimum atomic E-state index is -0.289. The molecule has 1 saturated heterocycles. The molecule has 106 valence electrons. The van der Waals surface area contributed by atoms with Crippen molar-refractivity contribution in [1.29, 1.82) is 0 Å². The molecule has 2 saturated carbocycles. The van der Waals surface area contributed by atoms with Gasteiger partial charge in [0.25, 0.3) is 0 Å². The third-order valence-electron chi connectivity index (χ3n) is 4.57. The SMILES string of the molecule is CC(CNC1CC(=O)N(C2CC2)C1=O)N(C)C1CC1.